The first-order valence-electron chi connectivity index (χ1n) is 7.18. The minimum absolute atomic E-state index is 0.120. The zero-order chi connectivity index (χ0) is 16.8. The van der Waals surface area contributed by atoms with Gasteiger partial charge in [0.1, 0.15) is 11.6 Å². The Kier molecular flexibility index (Phi) is 5.81. The summed E-state index contributed by atoms with van der Waals surface area (Å²) < 4.78 is 7.16. The van der Waals surface area contributed by atoms with E-state index in [4.69, 9.17) is 4.74 Å². The summed E-state index contributed by atoms with van der Waals surface area (Å²) in [6.45, 7) is 8.05. The maximum absolute atomic E-state index is 12.4. The molecule has 0 spiro atoms. The molecule has 1 amide bonds. The second kappa shape index (κ2) is 7.82. The monoisotopic (exact) mass is 332 g/mol. The van der Waals surface area contributed by atoms with E-state index < -0.39 is 0 Å². The summed E-state index contributed by atoms with van der Waals surface area (Å²) >= 11 is 1.36. The van der Waals surface area contributed by atoms with Gasteiger partial charge in [0.25, 0.3) is 0 Å². The molecule has 0 saturated heterocycles. The third-order valence-corrected chi connectivity index (χ3v) is 4.31. The number of aromatic nitrogens is 3. The topological polar surface area (TPSA) is 69.0 Å². The van der Waals surface area contributed by atoms with Gasteiger partial charge in [-0.15, -0.1) is 16.8 Å². The van der Waals surface area contributed by atoms with Gasteiger partial charge in [0, 0.05) is 6.54 Å². The molecule has 0 unspecified atom stereocenters. The van der Waals surface area contributed by atoms with Crippen LogP contribution in [0.1, 0.15) is 12.7 Å². The van der Waals surface area contributed by atoms with Crippen molar-refractivity contribution in [3.05, 3.63) is 42.7 Å². The average Bonchev–Trinajstić information content (AvgIpc) is 2.89. The summed E-state index contributed by atoms with van der Waals surface area (Å²) in [5.74, 6) is 1.30. The van der Waals surface area contributed by atoms with E-state index >= 15 is 0 Å². The number of hydrogen-bond donors (Lipinski definition) is 1. The van der Waals surface area contributed by atoms with E-state index in [1.165, 1.54) is 11.8 Å². The smallest absolute Gasteiger partial charge is 0.237 e. The summed E-state index contributed by atoms with van der Waals surface area (Å²) in [5.41, 5.74) is 0.649. The van der Waals surface area contributed by atoms with Crippen molar-refractivity contribution < 1.29 is 9.53 Å². The van der Waals surface area contributed by atoms with Crippen LogP contribution in [-0.4, -0.2) is 33.0 Å². The van der Waals surface area contributed by atoms with Crippen molar-refractivity contribution >= 4 is 23.4 Å². The molecule has 0 radical (unpaired) electrons. The fourth-order valence-electron chi connectivity index (χ4n) is 1.98. The molecule has 1 atom stereocenters. The van der Waals surface area contributed by atoms with E-state index in [-0.39, 0.29) is 11.2 Å². The van der Waals surface area contributed by atoms with Crippen molar-refractivity contribution in [3.63, 3.8) is 0 Å². The Labute approximate surface area is 139 Å². The minimum Gasteiger partial charge on any atom is -0.495 e. The second-order valence-corrected chi connectivity index (χ2v) is 6.19. The lowest BCUT2D eigenvalue weighted by Gasteiger charge is -2.14. The number of nitrogens with one attached hydrogen (secondary N) is 1. The molecular formula is C16H20N4O2S. The third-order valence-electron chi connectivity index (χ3n) is 3.23. The van der Waals surface area contributed by atoms with Gasteiger partial charge < -0.3 is 14.6 Å². The van der Waals surface area contributed by atoms with E-state index in [1.54, 1.807) is 25.3 Å². The van der Waals surface area contributed by atoms with Gasteiger partial charge in [0.15, 0.2) is 5.16 Å². The van der Waals surface area contributed by atoms with Crippen LogP contribution >= 0.6 is 11.8 Å². The fraction of sp³-hybridized carbons (Fsp3) is 0.312. The van der Waals surface area contributed by atoms with Crippen LogP contribution in [0.15, 0.2) is 42.1 Å². The highest BCUT2D eigenvalue weighted by atomic mass is 32.2. The first kappa shape index (κ1) is 17.1. The van der Waals surface area contributed by atoms with Gasteiger partial charge in [-0.25, -0.2) is 0 Å². The number of methoxy groups -OCH3 is 1. The van der Waals surface area contributed by atoms with E-state index in [0.717, 1.165) is 5.82 Å². The number of carbonyl (C=O) groups is 1. The molecule has 0 bridgehead atoms. The Morgan fingerprint density at radius 3 is 2.91 bits per heavy atom. The molecule has 2 aromatic rings. The van der Waals surface area contributed by atoms with E-state index in [0.29, 0.717) is 23.1 Å². The number of nitrogens with zero attached hydrogens (tertiary/aromatic N) is 3. The molecular weight excluding hydrogens is 312 g/mol. The molecule has 7 heteroatoms. The standard InChI is InChI=1S/C16H20N4O2S/c1-5-10-20-12(3)18-19-16(20)23-11(2)15(21)17-13-8-6-7-9-14(13)22-4/h5-9,11H,1,10H2,2-4H3,(H,17,21)/t11-/m1/s1. The second-order valence-electron chi connectivity index (χ2n) is 4.88. The number of aryl methyl sites for hydroxylation is 1. The lowest BCUT2D eigenvalue weighted by atomic mass is 10.3. The maximum Gasteiger partial charge on any atom is 0.237 e. The number of para-hydroxylation sites is 2. The van der Waals surface area contributed by atoms with E-state index in [9.17, 15) is 4.79 Å². The largest absolute Gasteiger partial charge is 0.495 e. The number of allylic oxidation sites excluding steroid dienone is 1. The van der Waals surface area contributed by atoms with E-state index in [1.807, 2.05) is 30.5 Å². The molecule has 0 fully saturated rings. The Morgan fingerprint density at radius 1 is 1.48 bits per heavy atom. The maximum atomic E-state index is 12.4. The molecule has 1 heterocycles. The van der Waals surface area contributed by atoms with Crippen molar-refractivity contribution in [3.8, 4) is 5.75 Å². The highest BCUT2D eigenvalue weighted by molar-refractivity contribution is 8.00. The van der Waals surface area contributed by atoms with Gasteiger partial charge in [-0.1, -0.05) is 30.0 Å². The normalized spacial score (nSPS) is 11.8. The quantitative estimate of drug-likeness (QED) is 0.624. The molecule has 6 nitrogen and oxygen atoms in total. The summed E-state index contributed by atoms with van der Waals surface area (Å²) in [6, 6.07) is 7.31. The molecule has 0 aliphatic heterocycles. The summed E-state index contributed by atoms with van der Waals surface area (Å²) in [4.78, 5) is 12.4. The number of thioether (sulfide) groups is 1. The van der Waals surface area contributed by atoms with Crippen LogP contribution in [-0.2, 0) is 11.3 Å². The summed E-state index contributed by atoms with van der Waals surface area (Å²) in [5, 5.41) is 11.4. The van der Waals surface area contributed by atoms with Gasteiger partial charge in [-0.2, -0.15) is 0 Å². The molecule has 2 rings (SSSR count). The lowest BCUT2D eigenvalue weighted by molar-refractivity contribution is -0.115. The van der Waals surface area contributed by atoms with Gasteiger partial charge in [-0.05, 0) is 26.0 Å². The highest BCUT2D eigenvalue weighted by Gasteiger charge is 2.19. The number of amides is 1. The molecule has 1 N–H and O–H groups in total. The SMILES string of the molecule is C=CCn1c(C)nnc1S[C@H](C)C(=O)Nc1ccccc1OC. The molecule has 1 aromatic heterocycles. The van der Waals surface area contributed by atoms with Gasteiger partial charge in [0.05, 0.1) is 18.0 Å². The molecule has 0 saturated carbocycles. The molecule has 122 valence electrons. The van der Waals surface area contributed by atoms with Gasteiger partial charge >= 0.3 is 0 Å². The average molecular weight is 332 g/mol. The Hall–Kier alpha value is -2.28. The number of ether oxygens (including phenoxy) is 1. The summed E-state index contributed by atoms with van der Waals surface area (Å²) in [7, 11) is 1.57. The number of anilines is 1. The molecule has 0 aliphatic rings. The van der Waals surface area contributed by atoms with Crippen molar-refractivity contribution in [2.75, 3.05) is 12.4 Å². The number of carbonyl (C=O) groups excluding carboxylic acids is 1. The third kappa shape index (κ3) is 4.13. The molecule has 0 aliphatic carbocycles. The number of benzene rings is 1. The zero-order valence-electron chi connectivity index (χ0n) is 13.4. The predicted octanol–water partition coefficient (Wildman–Crippen LogP) is 2.90. The first-order valence-corrected chi connectivity index (χ1v) is 8.06. The molecule has 23 heavy (non-hydrogen) atoms. The van der Waals surface area contributed by atoms with Gasteiger partial charge in [0.2, 0.25) is 5.91 Å². The Morgan fingerprint density at radius 2 is 2.22 bits per heavy atom. The lowest BCUT2D eigenvalue weighted by Crippen LogP contribution is -2.23. The number of rotatable bonds is 7. The summed E-state index contributed by atoms with van der Waals surface area (Å²) in [6.07, 6.45) is 1.78. The fourth-order valence-corrected chi connectivity index (χ4v) is 2.89. The minimum atomic E-state index is -0.327. The number of hydrogen-bond acceptors (Lipinski definition) is 5. The van der Waals surface area contributed by atoms with Crippen LogP contribution in [0.4, 0.5) is 5.69 Å². The zero-order valence-corrected chi connectivity index (χ0v) is 14.3. The van der Waals surface area contributed by atoms with Crippen LogP contribution < -0.4 is 10.1 Å². The predicted molar refractivity (Wildman–Crippen MR) is 91.9 cm³/mol. The first-order chi connectivity index (χ1) is 11.1. The van der Waals surface area contributed by atoms with Gasteiger partial charge in [-0.3, -0.25) is 4.79 Å². The van der Waals surface area contributed by atoms with Crippen LogP contribution in [0.2, 0.25) is 0 Å². The highest BCUT2D eigenvalue weighted by Crippen LogP contribution is 2.26. The van der Waals surface area contributed by atoms with E-state index in [2.05, 4.69) is 22.1 Å². The van der Waals surface area contributed by atoms with Crippen LogP contribution in [0.25, 0.3) is 0 Å². The van der Waals surface area contributed by atoms with Crippen molar-refractivity contribution in [1.82, 2.24) is 14.8 Å². The van der Waals surface area contributed by atoms with Crippen LogP contribution in [0.5, 0.6) is 5.75 Å². The van der Waals surface area contributed by atoms with Crippen LogP contribution in [0.3, 0.4) is 0 Å². The van der Waals surface area contributed by atoms with Crippen molar-refractivity contribution in [1.29, 1.82) is 0 Å². The Bertz CT molecular complexity index is 699. The molecule has 1 aromatic carbocycles. The van der Waals surface area contributed by atoms with Crippen LogP contribution in [0, 0.1) is 6.92 Å². The van der Waals surface area contributed by atoms with Crippen molar-refractivity contribution in [2.24, 2.45) is 0 Å². The van der Waals surface area contributed by atoms with Crippen molar-refractivity contribution in [2.45, 2.75) is 30.8 Å². The Balaban J connectivity index is 2.07.